The van der Waals surface area contributed by atoms with E-state index in [-0.39, 0.29) is 28.4 Å². The number of hydrogen-bond acceptors (Lipinski definition) is 6. The molecule has 0 spiro atoms. The maximum atomic E-state index is 12.8. The highest BCUT2D eigenvalue weighted by atomic mass is 32.2. The molecule has 0 amide bonds. The van der Waals surface area contributed by atoms with Gasteiger partial charge >= 0.3 is 0 Å². The van der Waals surface area contributed by atoms with Gasteiger partial charge in [0.1, 0.15) is 5.76 Å². The Hall–Kier alpha value is -1.72. The Bertz CT molecular complexity index is 1040. The van der Waals surface area contributed by atoms with Crippen molar-refractivity contribution in [3.8, 4) is 0 Å². The van der Waals surface area contributed by atoms with Gasteiger partial charge < -0.3 is 4.42 Å². The van der Waals surface area contributed by atoms with E-state index in [1.54, 1.807) is 12.3 Å². The van der Waals surface area contributed by atoms with Crippen LogP contribution in [0.3, 0.4) is 0 Å². The molecule has 164 valence electrons. The highest BCUT2D eigenvalue weighted by Crippen LogP contribution is 2.26. The summed E-state index contributed by atoms with van der Waals surface area (Å²) in [6.07, 6.45) is 6.60. The van der Waals surface area contributed by atoms with Gasteiger partial charge in [-0.3, -0.25) is 4.90 Å². The first-order chi connectivity index (χ1) is 14.4. The van der Waals surface area contributed by atoms with Crippen LogP contribution >= 0.6 is 0 Å². The first kappa shape index (κ1) is 21.5. The Morgan fingerprint density at radius 1 is 0.933 bits per heavy atom. The lowest BCUT2D eigenvalue weighted by molar-refractivity contribution is 0.147. The van der Waals surface area contributed by atoms with Gasteiger partial charge in [-0.05, 0) is 75.2 Å². The van der Waals surface area contributed by atoms with Crippen molar-refractivity contribution < 1.29 is 21.3 Å². The van der Waals surface area contributed by atoms with E-state index in [9.17, 15) is 16.8 Å². The summed E-state index contributed by atoms with van der Waals surface area (Å²) in [5, 5.41) is 0. The van der Waals surface area contributed by atoms with E-state index in [4.69, 9.17) is 4.42 Å². The molecule has 2 heterocycles. The van der Waals surface area contributed by atoms with Crippen LogP contribution in [0.4, 0.5) is 0 Å². The number of piperidine rings is 1. The molecule has 2 N–H and O–H groups in total. The fourth-order valence-corrected chi connectivity index (χ4v) is 6.02. The minimum Gasteiger partial charge on any atom is -0.468 e. The van der Waals surface area contributed by atoms with Gasteiger partial charge in [0.2, 0.25) is 20.0 Å². The summed E-state index contributed by atoms with van der Waals surface area (Å²) in [4.78, 5) is 2.34. The van der Waals surface area contributed by atoms with Gasteiger partial charge in [0.05, 0.1) is 22.1 Å². The highest BCUT2D eigenvalue weighted by Gasteiger charge is 2.29. The molecule has 1 atom stereocenters. The molecule has 2 fully saturated rings. The molecule has 1 aromatic heterocycles. The topological polar surface area (TPSA) is 109 Å². The third-order valence-electron chi connectivity index (χ3n) is 5.51. The molecule has 30 heavy (non-hydrogen) atoms. The Kier molecular flexibility index (Phi) is 6.31. The van der Waals surface area contributed by atoms with E-state index >= 15 is 0 Å². The van der Waals surface area contributed by atoms with E-state index in [1.165, 1.54) is 30.7 Å². The second-order valence-electron chi connectivity index (χ2n) is 7.85. The Morgan fingerprint density at radius 2 is 1.57 bits per heavy atom. The van der Waals surface area contributed by atoms with E-state index in [2.05, 4.69) is 14.3 Å². The van der Waals surface area contributed by atoms with E-state index in [0.717, 1.165) is 44.5 Å². The predicted octanol–water partition coefficient (Wildman–Crippen LogP) is 2.23. The van der Waals surface area contributed by atoms with Crippen molar-refractivity contribution in [1.29, 1.82) is 0 Å². The van der Waals surface area contributed by atoms with Crippen LogP contribution in [0.5, 0.6) is 0 Å². The Balaban J connectivity index is 1.46. The molecular weight excluding hydrogens is 426 g/mol. The van der Waals surface area contributed by atoms with Gasteiger partial charge in [-0.25, -0.2) is 26.3 Å². The Labute approximate surface area is 177 Å². The van der Waals surface area contributed by atoms with Crippen LogP contribution in [0.25, 0.3) is 0 Å². The number of benzene rings is 1. The van der Waals surface area contributed by atoms with E-state index in [0.29, 0.717) is 0 Å². The molecule has 0 bridgehead atoms. The summed E-state index contributed by atoms with van der Waals surface area (Å²) in [7, 11) is -7.41. The largest absolute Gasteiger partial charge is 0.468 e. The lowest BCUT2D eigenvalue weighted by atomic mass is 10.1. The summed E-state index contributed by atoms with van der Waals surface area (Å²) in [6.45, 7) is 1.97. The summed E-state index contributed by atoms with van der Waals surface area (Å²) in [6, 6.07) is 8.78. The van der Waals surface area contributed by atoms with Gasteiger partial charge in [-0.1, -0.05) is 6.42 Å². The number of nitrogens with one attached hydrogen (secondary N) is 2. The third-order valence-corrected chi connectivity index (χ3v) is 8.49. The van der Waals surface area contributed by atoms with Crippen LogP contribution in [0.1, 0.15) is 43.9 Å². The van der Waals surface area contributed by atoms with Crippen LogP contribution in [-0.2, 0) is 20.0 Å². The molecule has 1 saturated carbocycles. The quantitative estimate of drug-likeness (QED) is 0.603. The predicted molar refractivity (Wildman–Crippen MR) is 112 cm³/mol. The zero-order valence-corrected chi connectivity index (χ0v) is 18.3. The van der Waals surface area contributed by atoms with Gasteiger partial charge in [-0.15, -0.1) is 0 Å². The van der Waals surface area contributed by atoms with Crippen molar-refractivity contribution in [2.24, 2.45) is 0 Å². The molecule has 4 rings (SSSR count). The number of hydrogen-bond donors (Lipinski definition) is 2. The summed E-state index contributed by atoms with van der Waals surface area (Å²) in [5.74, 6) is 0.729. The zero-order chi connectivity index (χ0) is 21.2. The lowest BCUT2D eigenvalue weighted by Gasteiger charge is -2.33. The van der Waals surface area contributed by atoms with Crippen molar-refractivity contribution in [2.45, 2.75) is 54.0 Å². The Morgan fingerprint density at radius 3 is 2.13 bits per heavy atom. The molecule has 1 unspecified atom stereocenters. The standard InChI is InChI=1S/C20H27N3O5S2/c24-29(25,17-8-10-18(11-9-17)30(26,27)22-16-6-7-16)21-15-19(20-5-4-14-28-20)23-12-2-1-3-13-23/h4-5,8-11,14,16,19,21-22H,1-3,6-7,12-13,15H2. The molecule has 8 nitrogen and oxygen atoms in total. The average molecular weight is 454 g/mol. The van der Waals surface area contributed by atoms with Crippen molar-refractivity contribution >= 4 is 20.0 Å². The first-order valence-electron chi connectivity index (χ1n) is 10.2. The average Bonchev–Trinajstić information content (AvgIpc) is 3.37. The van der Waals surface area contributed by atoms with Crippen LogP contribution in [0.2, 0.25) is 0 Å². The molecule has 1 aliphatic carbocycles. The third kappa shape index (κ3) is 5.12. The molecular formula is C20H27N3O5S2. The molecule has 0 radical (unpaired) electrons. The van der Waals surface area contributed by atoms with E-state index in [1.807, 2.05) is 6.07 Å². The van der Waals surface area contributed by atoms with Crippen molar-refractivity contribution in [3.63, 3.8) is 0 Å². The maximum Gasteiger partial charge on any atom is 0.240 e. The van der Waals surface area contributed by atoms with Gasteiger partial charge in [0, 0.05) is 12.6 Å². The fraction of sp³-hybridized carbons (Fsp3) is 0.500. The lowest BCUT2D eigenvalue weighted by Crippen LogP contribution is -2.40. The van der Waals surface area contributed by atoms with Crippen LogP contribution in [-0.4, -0.2) is 47.4 Å². The minimum absolute atomic E-state index is 0.00611. The summed E-state index contributed by atoms with van der Waals surface area (Å²) < 4.78 is 61.0. The van der Waals surface area contributed by atoms with E-state index < -0.39 is 20.0 Å². The molecule has 10 heteroatoms. The maximum absolute atomic E-state index is 12.8. The molecule has 1 saturated heterocycles. The second kappa shape index (κ2) is 8.80. The SMILES string of the molecule is O=S(=O)(NCC(c1ccco1)N1CCCCC1)c1ccc(S(=O)(=O)NC2CC2)cc1. The number of rotatable bonds is 9. The molecule has 2 aliphatic rings. The van der Waals surface area contributed by atoms with Crippen LogP contribution in [0, 0.1) is 0 Å². The minimum atomic E-state index is -3.79. The van der Waals surface area contributed by atoms with Gasteiger partial charge in [0.15, 0.2) is 0 Å². The highest BCUT2D eigenvalue weighted by molar-refractivity contribution is 7.90. The van der Waals surface area contributed by atoms with Crippen molar-refractivity contribution in [1.82, 2.24) is 14.3 Å². The second-order valence-corrected chi connectivity index (χ2v) is 11.3. The number of sulfonamides is 2. The molecule has 1 aromatic carbocycles. The number of nitrogens with zero attached hydrogens (tertiary/aromatic N) is 1. The van der Waals surface area contributed by atoms with Crippen molar-refractivity contribution in [3.05, 3.63) is 48.4 Å². The normalized spacial score (nSPS) is 19.6. The number of likely N-dealkylation sites (tertiary alicyclic amines) is 1. The fourth-order valence-electron chi connectivity index (χ4n) is 3.68. The zero-order valence-electron chi connectivity index (χ0n) is 16.7. The summed E-state index contributed by atoms with van der Waals surface area (Å²) >= 11 is 0. The molecule has 1 aliphatic heterocycles. The monoisotopic (exact) mass is 453 g/mol. The van der Waals surface area contributed by atoms with Crippen molar-refractivity contribution in [2.75, 3.05) is 19.6 Å². The smallest absolute Gasteiger partial charge is 0.240 e. The van der Waals surface area contributed by atoms with Gasteiger partial charge in [-0.2, -0.15) is 0 Å². The first-order valence-corrected chi connectivity index (χ1v) is 13.2. The molecule has 2 aromatic rings. The number of furan rings is 1. The van der Waals surface area contributed by atoms with Crippen LogP contribution < -0.4 is 9.44 Å². The summed E-state index contributed by atoms with van der Waals surface area (Å²) in [5.41, 5.74) is 0. The van der Waals surface area contributed by atoms with Crippen LogP contribution in [0.15, 0.2) is 56.9 Å². The van der Waals surface area contributed by atoms with Gasteiger partial charge in [0.25, 0.3) is 0 Å².